The summed E-state index contributed by atoms with van der Waals surface area (Å²) in [6.45, 7) is 2.84. The molecule has 0 amide bonds. The van der Waals surface area contributed by atoms with Gasteiger partial charge in [0, 0.05) is 31.2 Å². The van der Waals surface area contributed by atoms with Crippen molar-refractivity contribution in [3.63, 3.8) is 0 Å². The standard InChI is InChI=1S/C16H26N4O/c1-20(15-7-2-3-8-15)10-9-18-12-13-5-4-6-14(11-13)16(17)19-21/h4-6,11,15,18,21H,2-3,7-10,12H2,1H3,(H2,17,19). The second-order valence-electron chi connectivity index (χ2n) is 5.78. The third kappa shape index (κ3) is 4.72. The normalized spacial score (nSPS) is 16.8. The summed E-state index contributed by atoms with van der Waals surface area (Å²) in [6.07, 6.45) is 5.45. The number of likely N-dealkylation sites (N-methyl/N-ethyl adjacent to an activating group) is 1. The number of nitrogens with one attached hydrogen (secondary N) is 1. The van der Waals surface area contributed by atoms with Gasteiger partial charge in [0.25, 0.3) is 0 Å². The molecule has 0 spiro atoms. The first kappa shape index (κ1) is 15.8. The Bertz CT molecular complexity index is 469. The Balaban J connectivity index is 1.73. The van der Waals surface area contributed by atoms with E-state index in [1.165, 1.54) is 25.7 Å². The molecule has 0 unspecified atom stereocenters. The maximum Gasteiger partial charge on any atom is 0.170 e. The molecule has 116 valence electrons. The van der Waals surface area contributed by atoms with Gasteiger partial charge < -0.3 is 21.2 Å². The molecule has 4 N–H and O–H groups in total. The van der Waals surface area contributed by atoms with Gasteiger partial charge in [-0.1, -0.05) is 36.2 Å². The summed E-state index contributed by atoms with van der Waals surface area (Å²) in [4.78, 5) is 2.47. The minimum Gasteiger partial charge on any atom is -0.409 e. The van der Waals surface area contributed by atoms with Crippen LogP contribution in [0.25, 0.3) is 0 Å². The van der Waals surface area contributed by atoms with Crippen LogP contribution in [0.5, 0.6) is 0 Å². The molecule has 1 aliphatic carbocycles. The van der Waals surface area contributed by atoms with Gasteiger partial charge in [0.2, 0.25) is 0 Å². The van der Waals surface area contributed by atoms with E-state index >= 15 is 0 Å². The molecule has 1 saturated carbocycles. The van der Waals surface area contributed by atoms with Gasteiger partial charge in [0.1, 0.15) is 0 Å². The van der Waals surface area contributed by atoms with Crippen LogP contribution in [0.2, 0.25) is 0 Å². The van der Waals surface area contributed by atoms with E-state index in [9.17, 15) is 0 Å². The van der Waals surface area contributed by atoms with Crippen molar-refractivity contribution in [1.82, 2.24) is 10.2 Å². The molecule has 0 saturated heterocycles. The summed E-state index contributed by atoms with van der Waals surface area (Å²) in [6, 6.07) is 8.53. The van der Waals surface area contributed by atoms with Crippen LogP contribution >= 0.6 is 0 Å². The predicted octanol–water partition coefficient (Wildman–Crippen LogP) is 1.75. The van der Waals surface area contributed by atoms with Gasteiger partial charge in [0.05, 0.1) is 0 Å². The monoisotopic (exact) mass is 290 g/mol. The van der Waals surface area contributed by atoms with E-state index in [-0.39, 0.29) is 5.84 Å². The van der Waals surface area contributed by atoms with Crippen LogP contribution in [-0.4, -0.2) is 42.1 Å². The molecule has 1 aromatic rings. The second-order valence-corrected chi connectivity index (χ2v) is 5.78. The van der Waals surface area contributed by atoms with Crippen LogP contribution in [-0.2, 0) is 6.54 Å². The van der Waals surface area contributed by atoms with E-state index in [1.54, 1.807) is 0 Å². The fraction of sp³-hybridized carbons (Fsp3) is 0.562. The Hall–Kier alpha value is -1.59. The molecule has 2 rings (SSSR count). The highest BCUT2D eigenvalue weighted by atomic mass is 16.4. The van der Waals surface area contributed by atoms with E-state index in [0.29, 0.717) is 0 Å². The van der Waals surface area contributed by atoms with Crippen molar-refractivity contribution in [3.05, 3.63) is 35.4 Å². The van der Waals surface area contributed by atoms with Gasteiger partial charge >= 0.3 is 0 Å². The molecule has 5 nitrogen and oxygen atoms in total. The molecule has 1 aromatic carbocycles. The average Bonchev–Trinajstić information content (AvgIpc) is 3.05. The van der Waals surface area contributed by atoms with Crippen LogP contribution in [0.1, 0.15) is 36.8 Å². The Morgan fingerprint density at radius 3 is 2.90 bits per heavy atom. The number of nitrogens with zero attached hydrogens (tertiary/aromatic N) is 2. The van der Waals surface area contributed by atoms with Gasteiger partial charge in [-0.05, 0) is 31.5 Å². The van der Waals surface area contributed by atoms with Crippen molar-refractivity contribution in [2.75, 3.05) is 20.1 Å². The first-order valence-electron chi connectivity index (χ1n) is 7.68. The number of oxime groups is 1. The molecule has 0 aromatic heterocycles. The summed E-state index contributed by atoms with van der Waals surface area (Å²) in [5.41, 5.74) is 7.49. The van der Waals surface area contributed by atoms with Gasteiger partial charge in [-0.2, -0.15) is 0 Å². The number of nitrogens with two attached hydrogens (primary N) is 1. The second kappa shape index (κ2) is 8.00. The molecule has 0 aliphatic heterocycles. The minimum absolute atomic E-state index is 0.151. The summed E-state index contributed by atoms with van der Waals surface area (Å²) >= 11 is 0. The number of rotatable bonds is 7. The van der Waals surface area contributed by atoms with Crippen molar-refractivity contribution < 1.29 is 5.21 Å². The number of amidine groups is 1. The van der Waals surface area contributed by atoms with Crippen molar-refractivity contribution in [2.45, 2.75) is 38.3 Å². The molecule has 0 bridgehead atoms. The lowest BCUT2D eigenvalue weighted by molar-refractivity contribution is 0.245. The zero-order valence-corrected chi connectivity index (χ0v) is 12.8. The van der Waals surface area contributed by atoms with Crippen LogP contribution in [0, 0.1) is 0 Å². The zero-order chi connectivity index (χ0) is 15.1. The summed E-state index contributed by atoms with van der Waals surface area (Å²) in [7, 11) is 2.22. The molecule has 0 atom stereocenters. The molecule has 5 heteroatoms. The van der Waals surface area contributed by atoms with Crippen LogP contribution < -0.4 is 11.1 Å². The molecule has 1 fully saturated rings. The average molecular weight is 290 g/mol. The molecule has 0 radical (unpaired) electrons. The third-order valence-electron chi connectivity index (χ3n) is 4.25. The Morgan fingerprint density at radius 2 is 2.19 bits per heavy atom. The van der Waals surface area contributed by atoms with Gasteiger partial charge in [0.15, 0.2) is 5.84 Å². The molecular formula is C16H26N4O. The van der Waals surface area contributed by atoms with Crippen LogP contribution in [0.3, 0.4) is 0 Å². The number of hydrogen-bond acceptors (Lipinski definition) is 4. The van der Waals surface area contributed by atoms with E-state index in [1.807, 2.05) is 24.3 Å². The Labute approximate surface area is 126 Å². The van der Waals surface area contributed by atoms with Gasteiger partial charge in [-0.25, -0.2) is 0 Å². The Morgan fingerprint density at radius 1 is 1.43 bits per heavy atom. The number of hydrogen-bond donors (Lipinski definition) is 3. The van der Waals surface area contributed by atoms with Crippen LogP contribution in [0.15, 0.2) is 29.4 Å². The largest absolute Gasteiger partial charge is 0.409 e. The van der Waals surface area contributed by atoms with Crippen molar-refractivity contribution in [2.24, 2.45) is 10.9 Å². The van der Waals surface area contributed by atoms with E-state index in [4.69, 9.17) is 10.9 Å². The third-order valence-corrected chi connectivity index (χ3v) is 4.25. The lowest BCUT2D eigenvalue weighted by atomic mass is 10.1. The predicted molar refractivity (Wildman–Crippen MR) is 85.5 cm³/mol. The quantitative estimate of drug-likeness (QED) is 0.235. The highest BCUT2D eigenvalue weighted by molar-refractivity contribution is 5.97. The first-order valence-corrected chi connectivity index (χ1v) is 7.68. The first-order chi connectivity index (χ1) is 10.2. The van der Waals surface area contributed by atoms with E-state index in [2.05, 4.69) is 22.4 Å². The molecule has 21 heavy (non-hydrogen) atoms. The SMILES string of the molecule is CN(CCNCc1cccc(C(N)=NO)c1)C1CCCC1. The maximum atomic E-state index is 8.70. The van der Waals surface area contributed by atoms with Gasteiger partial charge in [-0.3, -0.25) is 0 Å². The van der Waals surface area contributed by atoms with E-state index in [0.717, 1.165) is 36.8 Å². The smallest absolute Gasteiger partial charge is 0.170 e. The minimum atomic E-state index is 0.151. The highest BCUT2D eigenvalue weighted by Crippen LogP contribution is 2.21. The van der Waals surface area contributed by atoms with Gasteiger partial charge in [-0.15, -0.1) is 0 Å². The number of benzene rings is 1. The lowest BCUT2D eigenvalue weighted by Crippen LogP contribution is -2.35. The van der Waals surface area contributed by atoms with E-state index < -0.39 is 0 Å². The fourth-order valence-electron chi connectivity index (χ4n) is 2.91. The molecule has 0 heterocycles. The zero-order valence-electron chi connectivity index (χ0n) is 12.8. The highest BCUT2D eigenvalue weighted by Gasteiger charge is 2.18. The Kier molecular flexibility index (Phi) is 6.02. The summed E-state index contributed by atoms with van der Waals surface area (Å²) < 4.78 is 0. The molecule has 1 aliphatic rings. The molecular weight excluding hydrogens is 264 g/mol. The van der Waals surface area contributed by atoms with Crippen molar-refractivity contribution in [3.8, 4) is 0 Å². The lowest BCUT2D eigenvalue weighted by Gasteiger charge is -2.24. The maximum absolute atomic E-state index is 8.70. The van der Waals surface area contributed by atoms with Crippen LogP contribution in [0.4, 0.5) is 0 Å². The summed E-state index contributed by atoms with van der Waals surface area (Å²) in [5.74, 6) is 0.151. The summed E-state index contributed by atoms with van der Waals surface area (Å²) in [5, 5.41) is 15.2. The topological polar surface area (TPSA) is 73.9 Å². The van der Waals surface area contributed by atoms with Crippen molar-refractivity contribution in [1.29, 1.82) is 0 Å². The van der Waals surface area contributed by atoms with Crippen molar-refractivity contribution >= 4 is 5.84 Å². The fourth-order valence-corrected chi connectivity index (χ4v) is 2.91.